The van der Waals surface area contributed by atoms with Gasteiger partial charge in [0.15, 0.2) is 0 Å². The maximum atomic E-state index is 11.5. The van der Waals surface area contributed by atoms with E-state index in [2.05, 4.69) is 46.5 Å². The van der Waals surface area contributed by atoms with Crippen LogP contribution in [0.3, 0.4) is 0 Å². The Labute approximate surface area is 150 Å². The molecule has 0 fully saturated rings. The third-order valence-electron chi connectivity index (χ3n) is 4.29. The maximum Gasteiger partial charge on any atom is 0.271 e. The highest BCUT2D eigenvalue weighted by molar-refractivity contribution is 5.93. The minimum atomic E-state index is -0.728. The van der Waals surface area contributed by atoms with Gasteiger partial charge in [0.1, 0.15) is 5.75 Å². The molecule has 1 aromatic carbocycles. The van der Waals surface area contributed by atoms with Gasteiger partial charge in [-0.3, -0.25) is 15.5 Å². The van der Waals surface area contributed by atoms with Crippen molar-refractivity contribution in [1.82, 2.24) is 10.7 Å². The predicted octanol–water partition coefficient (Wildman–Crippen LogP) is 4.40. The quantitative estimate of drug-likeness (QED) is 0.901. The van der Waals surface area contributed by atoms with Crippen LogP contribution in [0.15, 0.2) is 30.5 Å². The molecule has 25 heavy (non-hydrogen) atoms. The van der Waals surface area contributed by atoms with Gasteiger partial charge in [-0.2, -0.15) is 0 Å². The van der Waals surface area contributed by atoms with Crippen LogP contribution in [0.25, 0.3) is 0 Å². The Kier molecular flexibility index (Phi) is 4.94. The number of aromatic nitrogens is 1. The van der Waals surface area contributed by atoms with Crippen molar-refractivity contribution < 1.29 is 9.90 Å². The molecule has 1 heterocycles. The molecule has 0 atom stereocenters. The average molecular weight is 339 g/mol. The molecule has 0 saturated carbocycles. The molecule has 2 N–H and O–H groups in total. The molecule has 0 aliphatic heterocycles. The van der Waals surface area contributed by atoms with Gasteiger partial charge in [-0.05, 0) is 39.7 Å². The van der Waals surface area contributed by atoms with Gasteiger partial charge in [-0.15, -0.1) is 0 Å². The highest BCUT2D eigenvalue weighted by atomic mass is 16.3. The Bertz CT molecular complexity index is 761. The van der Waals surface area contributed by atoms with Crippen LogP contribution in [0.1, 0.15) is 74.3 Å². The summed E-state index contributed by atoms with van der Waals surface area (Å²) in [6.45, 7) is 12.4. The topological polar surface area (TPSA) is 74.0 Å². The van der Waals surface area contributed by atoms with Crippen LogP contribution in [0.4, 0.5) is 0 Å². The number of carbonyl (C=O) groups is 1. The number of rotatable bonds is 3. The number of nitrogens with zero attached hydrogens (tertiary/aromatic N) is 1. The zero-order valence-corrected chi connectivity index (χ0v) is 15.9. The van der Waals surface area contributed by atoms with E-state index in [0.717, 1.165) is 16.7 Å². The second kappa shape index (κ2) is 6.51. The lowest BCUT2D eigenvalue weighted by Gasteiger charge is -2.28. The molecule has 133 valence electrons. The fourth-order valence-electron chi connectivity index (χ4n) is 2.92. The van der Waals surface area contributed by atoms with Crippen LogP contribution in [0, 0.1) is 0 Å². The predicted molar refractivity (Wildman–Crippen MR) is 100.0 cm³/mol. The van der Waals surface area contributed by atoms with Crippen molar-refractivity contribution in [3.63, 3.8) is 0 Å². The van der Waals surface area contributed by atoms with Gasteiger partial charge in [0.25, 0.3) is 5.91 Å². The molecule has 1 radical (unpaired) electrons. The Balaban J connectivity index is 2.62. The zero-order valence-electron chi connectivity index (χ0n) is 15.9. The summed E-state index contributed by atoms with van der Waals surface area (Å²) in [5.74, 6) is -0.393. The standard InChI is InChI=1S/C21H27N2O2/c1-20(2,3)15-10-13(11-16(18(15)24)21(4,5)6)12-17-14(19(22)25)8-7-9-23-17/h7-11,22,24H,12H2,1-6H3. The Morgan fingerprint density at radius 2 is 1.60 bits per heavy atom. The highest BCUT2D eigenvalue weighted by Gasteiger charge is 2.26. The van der Waals surface area contributed by atoms with Crippen molar-refractivity contribution in [2.75, 3.05) is 0 Å². The first kappa shape index (κ1) is 19.0. The van der Waals surface area contributed by atoms with E-state index in [0.29, 0.717) is 23.4 Å². The summed E-state index contributed by atoms with van der Waals surface area (Å²) >= 11 is 0. The monoisotopic (exact) mass is 339 g/mol. The molecule has 4 nitrogen and oxygen atoms in total. The van der Waals surface area contributed by atoms with Crippen molar-refractivity contribution in [3.05, 3.63) is 58.4 Å². The second-order valence-electron chi connectivity index (χ2n) is 8.54. The van der Waals surface area contributed by atoms with Crippen molar-refractivity contribution in [3.8, 4) is 5.75 Å². The Morgan fingerprint density at radius 3 is 2.04 bits per heavy atom. The second-order valence-corrected chi connectivity index (χ2v) is 8.54. The van der Waals surface area contributed by atoms with E-state index >= 15 is 0 Å². The van der Waals surface area contributed by atoms with Gasteiger partial charge < -0.3 is 5.11 Å². The van der Waals surface area contributed by atoms with Crippen LogP contribution in [0.5, 0.6) is 5.75 Å². The number of aromatic hydroxyl groups is 1. The summed E-state index contributed by atoms with van der Waals surface area (Å²) in [6, 6.07) is 7.27. The number of nitrogens with one attached hydrogen (secondary N) is 1. The SMILES string of the molecule is CC(C)(C)c1cc(Cc2ncccc2C([NH])=O)cc(C(C)(C)C)c1O. The van der Waals surface area contributed by atoms with Crippen molar-refractivity contribution in [1.29, 1.82) is 0 Å². The molecule has 2 rings (SSSR count). The summed E-state index contributed by atoms with van der Waals surface area (Å²) in [6.07, 6.45) is 2.09. The van der Waals surface area contributed by atoms with Crippen molar-refractivity contribution in [2.24, 2.45) is 0 Å². The van der Waals surface area contributed by atoms with E-state index in [9.17, 15) is 9.90 Å². The number of pyridine rings is 1. The molecule has 4 heteroatoms. The van der Waals surface area contributed by atoms with E-state index in [1.807, 2.05) is 12.1 Å². The molecular weight excluding hydrogens is 312 g/mol. The largest absolute Gasteiger partial charge is 0.507 e. The van der Waals surface area contributed by atoms with E-state index in [1.54, 1.807) is 18.3 Å². The molecular formula is C21H27N2O2. The molecule has 0 unspecified atom stereocenters. The van der Waals surface area contributed by atoms with E-state index < -0.39 is 5.91 Å². The number of phenolic OH excluding ortho intramolecular Hbond substituents is 1. The first-order valence-corrected chi connectivity index (χ1v) is 8.48. The van der Waals surface area contributed by atoms with Gasteiger partial charge in [0, 0.05) is 12.6 Å². The lowest BCUT2D eigenvalue weighted by atomic mass is 9.78. The summed E-state index contributed by atoms with van der Waals surface area (Å²) < 4.78 is 0. The number of benzene rings is 1. The summed E-state index contributed by atoms with van der Waals surface area (Å²) in [5, 5.41) is 10.8. The normalized spacial score (nSPS) is 12.2. The van der Waals surface area contributed by atoms with E-state index in [1.165, 1.54) is 0 Å². The smallest absolute Gasteiger partial charge is 0.271 e. The Hall–Kier alpha value is -2.36. The number of phenols is 1. The van der Waals surface area contributed by atoms with Crippen LogP contribution in [-0.4, -0.2) is 16.0 Å². The minimum absolute atomic E-state index is 0.210. The molecule has 1 aromatic heterocycles. The number of carbonyl (C=O) groups excluding carboxylic acids is 1. The molecule has 0 aliphatic rings. The van der Waals surface area contributed by atoms with Gasteiger partial charge in [-0.1, -0.05) is 53.7 Å². The third kappa shape index (κ3) is 4.19. The van der Waals surface area contributed by atoms with Crippen molar-refractivity contribution >= 4 is 5.91 Å². The van der Waals surface area contributed by atoms with Crippen molar-refractivity contribution in [2.45, 2.75) is 58.8 Å². The van der Waals surface area contributed by atoms with Crippen LogP contribution in [-0.2, 0) is 17.3 Å². The highest BCUT2D eigenvalue weighted by Crippen LogP contribution is 2.40. The lowest BCUT2D eigenvalue weighted by molar-refractivity contribution is 0.0991. The van der Waals surface area contributed by atoms with Gasteiger partial charge in [-0.25, -0.2) is 0 Å². The minimum Gasteiger partial charge on any atom is -0.507 e. The number of hydrogen-bond acceptors (Lipinski definition) is 3. The Morgan fingerprint density at radius 1 is 1.08 bits per heavy atom. The van der Waals surface area contributed by atoms with Crippen LogP contribution >= 0.6 is 0 Å². The number of amides is 1. The average Bonchev–Trinajstić information content (AvgIpc) is 2.47. The summed E-state index contributed by atoms with van der Waals surface area (Å²) in [7, 11) is 0. The summed E-state index contributed by atoms with van der Waals surface area (Å²) in [5.41, 5.74) is 10.7. The maximum absolute atomic E-state index is 11.5. The lowest BCUT2D eigenvalue weighted by Crippen LogP contribution is -2.18. The van der Waals surface area contributed by atoms with Gasteiger partial charge in [0.2, 0.25) is 0 Å². The zero-order chi connectivity index (χ0) is 19.0. The van der Waals surface area contributed by atoms with Gasteiger partial charge >= 0.3 is 0 Å². The molecule has 0 bridgehead atoms. The van der Waals surface area contributed by atoms with E-state index in [-0.39, 0.29) is 10.8 Å². The fourth-order valence-corrected chi connectivity index (χ4v) is 2.92. The molecule has 1 amide bonds. The first-order chi connectivity index (χ1) is 11.4. The first-order valence-electron chi connectivity index (χ1n) is 8.48. The molecule has 2 aromatic rings. The molecule has 0 spiro atoms. The molecule has 0 aliphatic carbocycles. The third-order valence-corrected chi connectivity index (χ3v) is 4.29. The van der Waals surface area contributed by atoms with Crippen LogP contribution < -0.4 is 5.73 Å². The molecule has 0 saturated heterocycles. The van der Waals surface area contributed by atoms with Crippen LogP contribution in [0.2, 0.25) is 0 Å². The van der Waals surface area contributed by atoms with Gasteiger partial charge in [0.05, 0.1) is 11.3 Å². The van der Waals surface area contributed by atoms with E-state index in [4.69, 9.17) is 5.73 Å². The number of hydrogen-bond donors (Lipinski definition) is 1. The fraction of sp³-hybridized carbons (Fsp3) is 0.429. The summed E-state index contributed by atoms with van der Waals surface area (Å²) in [4.78, 5) is 15.8.